The van der Waals surface area contributed by atoms with Gasteiger partial charge in [0, 0.05) is 13.1 Å². The van der Waals surface area contributed by atoms with Crippen LogP contribution in [-0.4, -0.2) is 47.7 Å². The molecule has 1 aromatic heterocycles. The summed E-state index contributed by atoms with van der Waals surface area (Å²) >= 11 is 5.30. The summed E-state index contributed by atoms with van der Waals surface area (Å²) in [4.78, 5) is 2.68. The van der Waals surface area contributed by atoms with Crippen molar-refractivity contribution in [2.75, 3.05) is 24.6 Å². The van der Waals surface area contributed by atoms with E-state index >= 15 is 0 Å². The molecule has 0 unspecified atom stereocenters. The molecule has 27 heavy (non-hydrogen) atoms. The van der Waals surface area contributed by atoms with E-state index in [1.807, 2.05) is 0 Å². The standard InChI is InChI=1S/C19H25N3O3S2/c23-27(24)11-8-17(13-27)18-20-22(19(26)25-18)14-21-9-6-16(7-10-21)12-15-4-2-1-3-5-15/h1-5,16-17H,6-14H2/t17-/m0/s1. The van der Waals surface area contributed by atoms with Gasteiger partial charge in [-0.1, -0.05) is 30.3 Å². The molecule has 8 heteroatoms. The van der Waals surface area contributed by atoms with E-state index in [2.05, 4.69) is 40.3 Å². The molecule has 0 N–H and O–H groups in total. The number of hydrogen-bond donors (Lipinski definition) is 0. The topological polar surface area (TPSA) is 68.3 Å². The summed E-state index contributed by atoms with van der Waals surface area (Å²) in [6.45, 7) is 2.64. The zero-order valence-corrected chi connectivity index (χ0v) is 16.9. The molecule has 146 valence electrons. The molecular weight excluding hydrogens is 382 g/mol. The summed E-state index contributed by atoms with van der Waals surface area (Å²) in [5.74, 6) is 1.36. The van der Waals surface area contributed by atoms with Crippen LogP contribution in [0.15, 0.2) is 34.7 Å². The van der Waals surface area contributed by atoms with E-state index in [9.17, 15) is 8.42 Å². The number of sulfone groups is 1. The number of likely N-dealkylation sites (tertiary alicyclic amines) is 1. The van der Waals surface area contributed by atoms with Crippen LogP contribution < -0.4 is 0 Å². The molecule has 0 radical (unpaired) electrons. The number of nitrogens with zero attached hydrogens (tertiary/aromatic N) is 3. The van der Waals surface area contributed by atoms with E-state index in [-0.39, 0.29) is 17.4 Å². The third kappa shape index (κ3) is 4.67. The largest absolute Gasteiger partial charge is 0.414 e. The number of hydrogen-bond acceptors (Lipinski definition) is 6. The molecule has 2 saturated heterocycles. The fraction of sp³-hybridized carbons (Fsp3) is 0.579. The summed E-state index contributed by atoms with van der Waals surface area (Å²) in [5, 5.41) is 4.48. The maximum absolute atomic E-state index is 11.7. The van der Waals surface area contributed by atoms with Gasteiger partial charge in [-0.05, 0) is 49.4 Å². The minimum absolute atomic E-state index is 0.118. The average Bonchev–Trinajstić information content (AvgIpc) is 3.20. The molecule has 4 rings (SSSR count). The summed E-state index contributed by atoms with van der Waals surface area (Å²) < 4.78 is 30.7. The van der Waals surface area contributed by atoms with Gasteiger partial charge < -0.3 is 4.42 Å². The van der Waals surface area contributed by atoms with E-state index in [0.29, 0.717) is 29.7 Å². The lowest BCUT2D eigenvalue weighted by atomic mass is 9.90. The molecule has 0 spiro atoms. The highest BCUT2D eigenvalue weighted by Gasteiger charge is 2.33. The summed E-state index contributed by atoms with van der Waals surface area (Å²) in [5.41, 5.74) is 1.41. The first-order valence-corrected chi connectivity index (χ1v) is 11.8. The Kier molecular flexibility index (Phi) is 5.48. The van der Waals surface area contributed by atoms with Crippen molar-refractivity contribution in [3.8, 4) is 0 Å². The van der Waals surface area contributed by atoms with E-state index in [4.69, 9.17) is 16.6 Å². The van der Waals surface area contributed by atoms with Crippen LogP contribution in [-0.2, 0) is 22.9 Å². The number of piperidine rings is 1. The van der Waals surface area contributed by atoms with Crippen molar-refractivity contribution in [3.05, 3.63) is 46.6 Å². The highest BCUT2D eigenvalue weighted by molar-refractivity contribution is 7.91. The lowest BCUT2D eigenvalue weighted by Crippen LogP contribution is -2.36. The van der Waals surface area contributed by atoms with Gasteiger partial charge in [0.1, 0.15) is 0 Å². The first kappa shape index (κ1) is 18.8. The fourth-order valence-electron chi connectivity index (χ4n) is 4.04. The quantitative estimate of drug-likeness (QED) is 0.710. The predicted molar refractivity (Wildman–Crippen MR) is 106 cm³/mol. The first-order valence-electron chi connectivity index (χ1n) is 9.53. The molecule has 0 saturated carbocycles. The molecule has 2 fully saturated rings. The van der Waals surface area contributed by atoms with Crippen LogP contribution in [0.1, 0.15) is 36.6 Å². The molecule has 1 aromatic carbocycles. The van der Waals surface area contributed by atoms with E-state index in [1.165, 1.54) is 5.56 Å². The predicted octanol–water partition coefficient (Wildman–Crippen LogP) is 3.02. The molecule has 3 heterocycles. The molecule has 6 nitrogen and oxygen atoms in total. The van der Waals surface area contributed by atoms with Crippen LogP contribution >= 0.6 is 12.2 Å². The fourth-order valence-corrected chi connectivity index (χ4v) is 5.95. The Morgan fingerprint density at radius 1 is 1.15 bits per heavy atom. The SMILES string of the molecule is O=S1(=O)CC[C@H](c2nn(CN3CCC(Cc4ccccc4)CC3)c(=S)o2)C1. The van der Waals surface area contributed by atoms with Gasteiger partial charge in [0.25, 0.3) is 4.84 Å². The Morgan fingerprint density at radius 2 is 1.89 bits per heavy atom. The maximum Gasteiger partial charge on any atom is 0.288 e. The summed E-state index contributed by atoms with van der Waals surface area (Å²) in [7, 11) is -2.96. The second-order valence-corrected chi connectivity index (χ2v) is 10.3. The van der Waals surface area contributed by atoms with Crippen molar-refractivity contribution in [1.82, 2.24) is 14.7 Å². The zero-order valence-electron chi connectivity index (χ0n) is 15.3. The minimum atomic E-state index is -2.96. The van der Waals surface area contributed by atoms with Crippen molar-refractivity contribution in [2.45, 2.75) is 38.3 Å². The molecule has 0 amide bonds. The van der Waals surface area contributed by atoms with Crippen molar-refractivity contribution in [1.29, 1.82) is 0 Å². The van der Waals surface area contributed by atoms with Gasteiger partial charge in [0.15, 0.2) is 9.84 Å². The van der Waals surface area contributed by atoms with E-state index in [0.717, 1.165) is 32.4 Å². The minimum Gasteiger partial charge on any atom is -0.414 e. The van der Waals surface area contributed by atoms with E-state index < -0.39 is 9.84 Å². The van der Waals surface area contributed by atoms with Crippen LogP contribution in [0.25, 0.3) is 0 Å². The highest BCUT2D eigenvalue weighted by Crippen LogP contribution is 2.28. The van der Waals surface area contributed by atoms with Gasteiger partial charge in [0.05, 0.1) is 24.1 Å². The second-order valence-electron chi connectivity index (χ2n) is 7.70. The van der Waals surface area contributed by atoms with Crippen molar-refractivity contribution >= 4 is 22.1 Å². The lowest BCUT2D eigenvalue weighted by Gasteiger charge is -2.31. The van der Waals surface area contributed by atoms with Crippen molar-refractivity contribution in [3.63, 3.8) is 0 Å². The molecule has 2 aliphatic rings. The molecule has 0 bridgehead atoms. The molecule has 2 aromatic rings. The first-order chi connectivity index (χ1) is 13.0. The van der Waals surface area contributed by atoms with Crippen molar-refractivity contribution in [2.24, 2.45) is 5.92 Å². The van der Waals surface area contributed by atoms with Gasteiger partial charge in [-0.2, -0.15) is 0 Å². The maximum atomic E-state index is 11.7. The Labute approximate surface area is 165 Å². The highest BCUT2D eigenvalue weighted by atomic mass is 32.2. The van der Waals surface area contributed by atoms with Gasteiger partial charge in [-0.25, -0.2) is 13.1 Å². The van der Waals surface area contributed by atoms with Crippen molar-refractivity contribution < 1.29 is 12.8 Å². The molecule has 0 aliphatic carbocycles. The molecule has 2 aliphatic heterocycles. The smallest absolute Gasteiger partial charge is 0.288 e. The third-order valence-electron chi connectivity index (χ3n) is 5.61. The zero-order chi connectivity index (χ0) is 18.9. The number of rotatable bonds is 5. The van der Waals surface area contributed by atoms with Gasteiger partial charge in [-0.15, -0.1) is 5.10 Å². The molecular formula is C19H25N3O3S2. The van der Waals surface area contributed by atoms with Gasteiger partial charge in [0.2, 0.25) is 5.89 Å². The second kappa shape index (κ2) is 7.85. The Bertz CT molecular complexity index is 929. The van der Waals surface area contributed by atoms with Crippen LogP contribution in [0.4, 0.5) is 0 Å². The van der Waals surface area contributed by atoms with Gasteiger partial charge >= 0.3 is 0 Å². The van der Waals surface area contributed by atoms with Crippen LogP contribution in [0.3, 0.4) is 0 Å². The number of benzene rings is 1. The molecule has 1 atom stereocenters. The Morgan fingerprint density at radius 3 is 2.56 bits per heavy atom. The van der Waals surface area contributed by atoms with Crippen LogP contribution in [0.2, 0.25) is 0 Å². The number of aromatic nitrogens is 2. The Hall–Kier alpha value is -1.51. The normalized spacial score (nSPS) is 23.6. The summed E-state index contributed by atoms with van der Waals surface area (Å²) in [6.07, 6.45) is 4.03. The summed E-state index contributed by atoms with van der Waals surface area (Å²) in [6, 6.07) is 10.7. The van der Waals surface area contributed by atoms with Crippen LogP contribution in [0.5, 0.6) is 0 Å². The lowest BCUT2D eigenvalue weighted by molar-refractivity contribution is 0.138. The van der Waals surface area contributed by atoms with Gasteiger partial charge in [-0.3, -0.25) is 4.90 Å². The van der Waals surface area contributed by atoms with Crippen LogP contribution in [0, 0.1) is 10.8 Å². The van der Waals surface area contributed by atoms with E-state index in [1.54, 1.807) is 4.68 Å². The third-order valence-corrected chi connectivity index (χ3v) is 7.67. The monoisotopic (exact) mass is 407 g/mol. The average molecular weight is 408 g/mol. The Balaban J connectivity index is 1.32.